The molecule has 2 heteroatoms. The van der Waals surface area contributed by atoms with E-state index in [0.29, 0.717) is 0 Å². The summed E-state index contributed by atoms with van der Waals surface area (Å²) in [7, 11) is 0. The van der Waals surface area contributed by atoms with Crippen molar-refractivity contribution in [1.82, 2.24) is 0 Å². The summed E-state index contributed by atoms with van der Waals surface area (Å²) in [6, 6.07) is 73.8. The van der Waals surface area contributed by atoms with Gasteiger partial charge in [0.15, 0.2) is 0 Å². The second-order valence-electron chi connectivity index (χ2n) is 13.1. The van der Waals surface area contributed by atoms with Crippen LogP contribution in [0.1, 0.15) is 11.1 Å². The van der Waals surface area contributed by atoms with E-state index in [1.165, 1.54) is 44.5 Å². The van der Waals surface area contributed by atoms with E-state index in [4.69, 9.17) is 0 Å². The summed E-state index contributed by atoms with van der Waals surface area (Å²) >= 11 is 0. The van der Waals surface area contributed by atoms with Gasteiger partial charge >= 0.3 is 0 Å². The highest BCUT2D eigenvalue weighted by atomic mass is 15.1. The van der Waals surface area contributed by atoms with Crippen LogP contribution in [0.4, 0.5) is 34.1 Å². The van der Waals surface area contributed by atoms with Crippen molar-refractivity contribution in [3.05, 3.63) is 217 Å². The first-order valence-corrected chi connectivity index (χ1v) is 17.9. The second kappa shape index (κ2) is 14.7. The Morgan fingerprint density at radius 1 is 0.269 bits per heavy atom. The molecule has 0 radical (unpaired) electrons. The van der Waals surface area contributed by atoms with E-state index < -0.39 is 0 Å². The molecule has 0 aromatic heterocycles. The van der Waals surface area contributed by atoms with Crippen LogP contribution in [0.3, 0.4) is 0 Å². The number of rotatable bonds is 9. The number of hydrogen-bond donors (Lipinski definition) is 0. The molecule has 0 bridgehead atoms. The summed E-state index contributed by atoms with van der Waals surface area (Å²) in [5.41, 5.74) is 16.4. The largest absolute Gasteiger partial charge is 0.310 e. The van der Waals surface area contributed by atoms with Gasteiger partial charge < -0.3 is 9.80 Å². The van der Waals surface area contributed by atoms with Crippen LogP contribution in [-0.2, 0) is 0 Å². The second-order valence-corrected chi connectivity index (χ2v) is 13.1. The molecule has 0 aliphatic carbocycles. The monoisotopic (exact) mass is 668 g/mol. The number of para-hydroxylation sites is 4. The minimum absolute atomic E-state index is 1.11. The molecule has 0 unspecified atom stereocenters. The van der Waals surface area contributed by atoms with Gasteiger partial charge in [0.05, 0.1) is 0 Å². The van der Waals surface area contributed by atoms with Crippen LogP contribution in [0.25, 0.3) is 33.4 Å². The van der Waals surface area contributed by atoms with E-state index in [1.54, 1.807) is 0 Å². The summed E-state index contributed by atoms with van der Waals surface area (Å²) in [6.07, 6.45) is 0. The van der Waals surface area contributed by atoms with Crippen LogP contribution in [0.2, 0.25) is 0 Å². The summed E-state index contributed by atoms with van der Waals surface area (Å²) in [5, 5.41) is 0. The molecule has 250 valence electrons. The van der Waals surface area contributed by atoms with Gasteiger partial charge in [0.1, 0.15) is 0 Å². The fourth-order valence-corrected chi connectivity index (χ4v) is 7.20. The van der Waals surface area contributed by atoms with Crippen molar-refractivity contribution in [2.24, 2.45) is 0 Å². The van der Waals surface area contributed by atoms with Gasteiger partial charge in [0, 0.05) is 34.1 Å². The summed E-state index contributed by atoms with van der Waals surface area (Å²) in [6.45, 7) is 4.44. The Kier molecular flexibility index (Phi) is 9.19. The van der Waals surface area contributed by atoms with Gasteiger partial charge in [-0.15, -0.1) is 0 Å². The maximum atomic E-state index is 2.36. The van der Waals surface area contributed by atoms with Crippen molar-refractivity contribution >= 4 is 34.1 Å². The molecule has 0 spiro atoms. The number of hydrogen-bond acceptors (Lipinski definition) is 2. The number of aryl methyl sites for hydroxylation is 2. The first-order valence-electron chi connectivity index (χ1n) is 17.9. The van der Waals surface area contributed by atoms with Gasteiger partial charge in [-0.2, -0.15) is 0 Å². The van der Waals surface area contributed by atoms with Crippen LogP contribution >= 0.6 is 0 Å². The summed E-state index contributed by atoms with van der Waals surface area (Å²) < 4.78 is 0. The maximum Gasteiger partial charge on any atom is 0.0467 e. The maximum absolute atomic E-state index is 2.36. The Bertz CT molecular complexity index is 2180. The highest BCUT2D eigenvalue weighted by molar-refractivity contribution is 5.97. The first-order chi connectivity index (χ1) is 25.7. The van der Waals surface area contributed by atoms with E-state index in [2.05, 4.69) is 230 Å². The molecule has 0 atom stereocenters. The average Bonchev–Trinajstić information content (AvgIpc) is 3.21. The van der Waals surface area contributed by atoms with E-state index in [1.807, 2.05) is 0 Å². The van der Waals surface area contributed by atoms with Crippen LogP contribution < -0.4 is 9.80 Å². The lowest BCUT2D eigenvalue weighted by atomic mass is 9.85. The molecule has 2 nitrogen and oxygen atoms in total. The van der Waals surface area contributed by atoms with E-state index >= 15 is 0 Å². The third kappa shape index (κ3) is 6.51. The molecule has 0 N–H and O–H groups in total. The zero-order valence-corrected chi connectivity index (χ0v) is 29.5. The highest BCUT2D eigenvalue weighted by Gasteiger charge is 2.21. The minimum atomic E-state index is 1.11. The predicted octanol–water partition coefficient (Wildman–Crippen LogP) is 14.2. The van der Waals surface area contributed by atoms with Gasteiger partial charge in [-0.3, -0.25) is 0 Å². The zero-order chi connectivity index (χ0) is 35.3. The van der Waals surface area contributed by atoms with E-state index in [-0.39, 0.29) is 0 Å². The molecule has 8 aromatic rings. The van der Waals surface area contributed by atoms with Crippen molar-refractivity contribution in [2.45, 2.75) is 13.8 Å². The minimum Gasteiger partial charge on any atom is -0.310 e. The third-order valence-corrected chi connectivity index (χ3v) is 9.72. The summed E-state index contributed by atoms with van der Waals surface area (Å²) in [5.74, 6) is 0. The Hall–Kier alpha value is -6.64. The van der Waals surface area contributed by atoms with Crippen LogP contribution in [-0.4, -0.2) is 0 Å². The van der Waals surface area contributed by atoms with Crippen LogP contribution in [0.5, 0.6) is 0 Å². The predicted molar refractivity (Wildman–Crippen MR) is 222 cm³/mol. The Morgan fingerprint density at radius 2 is 0.596 bits per heavy atom. The lowest BCUT2D eigenvalue weighted by Crippen LogP contribution is -2.10. The topological polar surface area (TPSA) is 6.48 Å². The fourth-order valence-electron chi connectivity index (χ4n) is 7.20. The molecular formula is C50H40N2. The van der Waals surface area contributed by atoms with Crippen molar-refractivity contribution in [1.29, 1.82) is 0 Å². The van der Waals surface area contributed by atoms with Gasteiger partial charge in [0.25, 0.3) is 0 Å². The normalized spacial score (nSPS) is 10.9. The van der Waals surface area contributed by atoms with Crippen molar-refractivity contribution in [3.8, 4) is 33.4 Å². The number of nitrogens with zero attached hydrogens (tertiary/aromatic N) is 2. The molecule has 0 saturated heterocycles. The Labute approximate surface area is 307 Å². The standard InChI is InChI=1S/C50H40N2/c1-37-31-33-44(51(40-21-10-4-11-22-40)41-23-12-5-13-24-41)35-48(37)46-29-18-30-47(50(46)39-19-8-3-9-20-39)49-36-45(34-32-38(49)2)52(42-25-14-6-15-26-42)43-27-16-7-17-28-43/h3-36H,1-2H3. The smallest absolute Gasteiger partial charge is 0.0467 e. The van der Waals surface area contributed by atoms with Crippen LogP contribution in [0, 0.1) is 13.8 Å². The molecule has 0 saturated carbocycles. The molecule has 0 heterocycles. The van der Waals surface area contributed by atoms with Gasteiger partial charge in [-0.05, 0) is 131 Å². The molecule has 0 aliphatic rings. The fraction of sp³-hybridized carbons (Fsp3) is 0.0400. The number of benzene rings is 8. The first kappa shape index (κ1) is 32.6. The Morgan fingerprint density at radius 3 is 0.942 bits per heavy atom. The van der Waals surface area contributed by atoms with Crippen molar-refractivity contribution in [2.75, 3.05) is 9.80 Å². The zero-order valence-electron chi connectivity index (χ0n) is 29.5. The molecule has 0 amide bonds. The SMILES string of the molecule is Cc1ccc(N(c2ccccc2)c2ccccc2)cc1-c1cccc(-c2cc(N(c3ccccc3)c3ccccc3)ccc2C)c1-c1ccccc1. The molecular weight excluding hydrogens is 629 g/mol. The molecule has 0 aliphatic heterocycles. The van der Waals surface area contributed by atoms with Crippen LogP contribution in [0.15, 0.2) is 206 Å². The molecule has 8 rings (SSSR count). The quantitative estimate of drug-likeness (QED) is 0.151. The number of anilines is 6. The molecule has 52 heavy (non-hydrogen) atoms. The lowest BCUT2D eigenvalue weighted by molar-refractivity contribution is 1.27. The van der Waals surface area contributed by atoms with Gasteiger partial charge in [-0.25, -0.2) is 0 Å². The summed E-state index contributed by atoms with van der Waals surface area (Å²) in [4.78, 5) is 4.68. The van der Waals surface area contributed by atoms with Crippen molar-refractivity contribution < 1.29 is 0 Å². The highest BCUT2D eigenvalue weighted by Crippen LogP contribution is 2.46. The Balaban J connectivity index is 1.33. The van der Waals surface area contributed by atoms with E-state index in [0.717, 1.165) is 34.1 Å². The van der Waals surface area contributed by atoms with Gasteiger partial charge in [0.2, 0.25) is 0 Å². The third-order valence-electron chi connectivity index (χ3n) is 9.72. The average molecular weight is 669 g/mol. The van der Waals surface area contributed by atoms with Crippen molar-refractivity contribution in [3.63, 3.8) is 0 Å². The molecule has 0 fully saturated rings. The van der Waals surface area contributed by atoms with E-state index in [9.17, 15) is 0 Å². The lowest BCUT2D eigenvalue weighted by Gasteiger charge is -2.27. The molecule has 8 aromatic carbocycles. The van der Waals surface area contributed by atoms with Gasteiger partial charge in [-0.1, -0.05) is 133 Å².